The summed E-state index contributed by atoms with van der Waals surface area (Å²) in [6.45, 7) is 1.40. The van der Waals surface area contributed by atoms with Crippen molar-refractivity contribution in [3.05, 3.63) is 0 Å². The molecule has 1 N–H and O–H groups in total. The van der Waals surface area contributed by atoms with Crippen LogP contribution in [-0.4, -0.2) is 35.0 Å². The monoisotopic (exact) mass is 167 g/mol. The molecule has 1 amide bonds. The van der Waals surface area contributed by atoms with Crippen LogP contribution in [0.2, 0.25) is 0 Å². The Morgan fingerprint density at radius 1 is 1.17 bits per heavy atom. The molecule has 0 aromatic carbocycles. The van der Waals surface area contributed by atoms with Gasteiger partial charge in [0, 0.05) is 24.9 Å². The summed E-state index contributed by atoms with van der Waals surface area (Å²) in [5.41, 5.74) is 0. The average molecular weight is 167 g/mol. The van der Waals surface area contributed by atoms with Crippen LogP contribution in [0.5, 0.6) is 0 Å². The van der Waals surface area contributed by atoms with E-state index in [1.165, 1.54) is 0 Å². The molecule has 1 fully saturated rings. The summed E-state index contributed by atoms with van der Waals surface area (Å²) in [5, 5.41) is 8.16. The van der Waals surface area contributed by atoms with E-state index in [0.717, 1.165) is 12.8 Å². The first-order valence-corrected chi connectivity index (χ1v) is 3.74. The molecule has 1 aliphatic heterocycles. The van der Waals surface area contributed by atoms with Gasteiger partial charge in [0.05, 0.1) is 0 Å². The molecule has 0 radical (unpaired) electrons. The predicted octanol–water partition coefficient (Wildman–Crippen LogP) is -0.303. The number of carboxylic acids is 1. The van der Waals surface area contributed by atoms with Gasteiger partial charge in [0.1, 0.15) is 0 Å². The van der Waals surface area contributed by atoms with E-state index in [9.17, 15) is 9.59 Å². The number of rotatable bonds is 0. The largest absolute Gasteiger partial charge is 0.472 e. The van der Waals surface area contributed by atoms with Crippen LogP contribution in [0.25, 0.3) is 0 Å². The van der Waals surface area contributed by atoms with E-state index in [4.69, 9.17) is 5.11 Å². The first kappa shape index (κ1) is 8.60. The summed E-state index contributed by atoms with van der Waals surface area (Å²) in [7, 11) is 0. The molecule has 1 aliphatic rings. The van der Waals surface area contributed by atoms with Crippen LogP contribution in [0.3, 0.4) is 0 Å². The molecule has 0 spiro atoms. The molecule has 4 heteroatoms. The first-order valence-electron chi connectivity index (χ1n) is 3.74. The van der Waals surface area contributed by atoms with Crippen molar-refractivity contribution in [1.29, 1.82) is 0 Å². The Morgan fingerprint density at radius 2 is 1.75 bits per heavy atom. The molecule has 4 nitrogen and oxygen atoms in total. The van der Waals surface area contributed by atoms with Gasteiger partial charge >= 0.3 is 5.97 Å². The van der Waals surface area contributed by atoms with Gasteiger partial charge in [0.2, 0.25) is 0 Å². The number of hydrogen-bond acceptors (Lipinski definition) is 2. The zero-order chi connectivity index (χ0) is 8.97. The van der Waals surface area contributed by atoms with Gasteiger partial charge in [-0.2, -0.15) is 0 Å². The highest BCUT2D eigenvalue weighted by molar-refractivity contribution is 6.00. The van der Waals surface area contributed by atoms with Crippen LogP contribution in [0, 0.1) is 11.8 Å². The smallest absolute Gasteiger partial charge is 0.382 e. The van der Waals surface area contributed by atoms with Crippen molar-refractivity contribution >= 4 is 11.9 Å². The Balaban J connectivity index is 2.49. The number of carbonyl (C=O) groups is 2. The maximum atomic E-state index is 11.0. The normalized spacial score (nSPS) is 15.2. The number of amides is 1. The van der Waals surface area contributed by atoms with Crippen LogP contribution in [0.1, 0.15) is 12.8 Å². The molecular weight excluding hydrogens is 158 g/mol. The molecule has 0 aromatic heterocycles. The molecular formula is C8H9NO3. The number of carboxylic acid groups (broad SMARTS) is 1. The third kappa shape index (κ3) is 2.27. The molecule has 1 saturated heterocycles. The Morgan fingerprint density at radius 3 is 2.25 bits per heavy atom. The Kier molecular flexibility index (Phi) is 2.70. The molecule has 0 bridgehead atoms. The number of nitrogens with zero attached hydrogens (tertiary/aromatic N) is 1. The van der Waals surface area contributed by atoms with E-state index in [2.05, 4.69) is 5.92 Å². The van der Waals surface area contributed by atoms with Crippen molar-refractivity contribution < 1.29 is 14.7 Å². The fraction of sp³-hybridized carbons (Fsp3) is 0.500. The minimum atomic E-state index is -1.26. The van der Waals surface area contributed by atoms with Crippen LogP contribution in [0.15, 0.2) is 0 Å². The average Bonchev–Trinajstić information content (AvgIpc) is 2.51. The molecule has 0 atom stereocenters. The molecule has 0 aliphatic carbocycles. The fourth-order valence-electron chi connectivity index (χ4n) is 1.11. The lowest BCUT2D eigenvalue weighted by molar-refractivity contribution is -0.131. The number of likely N-dealkylation sites (tertiary alicyclic amines) is 1. The molecule has 0 saturated carbocycles. The SMILES string of the molecule is O=C(O)C#CC(=O)N1CCCC1. The van der Waals surface area contributed by atoms with E-state index in [-0.39, 0.29) is 5.91 Å². The van der Waals surface area contributed by atoms with E-state index >= 15 is 0 Å². The summed E-state index contributed by atoms with van der Waals surface area (Å²) in [6.07, 6.45) is 1.97. The summed E-state index contributed by atoms with van der Waals surface area (Å²) < 4.78 is 0. The third-order valence-electron chi connectivity index (χ3n) is 1.67. The highest BCUT2D eigenvalue weighted by atomic mass is 16.4. The minimum absolute atomic E-state index is 0.380. The summed E-state index contributed by atoms with van der Waals surface area (Å²) in [6, 6.07) is 0. The van der Waals surface area contributed by atoms with Crippen LogP contribution in [0.4, 0.5) is 0 Å². The van der Waals surface area contributed by atoms with Gasteiger partial charge in [0.15, 0.2) is 0 Å². The second-order valence-corrected chi connectivity index (χ2v) is 2.55. The van der Waals surface area contributed by atoms with E-state index in [1.807, 2.05) is 0 Å². The number of hydrogen-bond donors (Lipinski definition) is 1. The van der Waals surface area contributed by atoms with Gasteiger partial charge in [0.25, 0.3) is 5.91 Å². The fourth-order valence-corrected chi connectivity index (χ4v) is 1.11. The molecule has 0 aromatic rings. The molecule has 0 unspecified atom stereocenters. The Hall–Kier alpha value is -1.50. The lowest BCUT2D eigenvalue weighted by Gasteiger charge is -2.09. The van der Waals surface area contributed by atoms with Crippen molar-refractivity contribution in [3.8, 4) is 11.8 Å². The van der Waals surface area contributed by atoms with Crippen LogP contribution < -0.4 is 0 Å². The molecule has 12 heavy (non-hydrogen) atoms. The predicted molar refractivity (Wildman–Crippen MR) is 41.2 cm³/mol. The number of carbonyl (C=O) groups excluding carboxylic acids is 1. The van der Waals surface area contributed by atoms with Crippen molar-refractivity contribution in [1.82, 2.24) is 4.90 Å². The van der Waals surface area contributed by atoms with Gasteiger partial charge in [-0.05, 0) is 12.8 Å². The maximum Gasteiger partial charge on any atom is 0.382 e. The second-order valence-electron chi connectivity index (χ2n) is 2.55. The van der Waals surface area contributed by atoms with Crippen molar-refractivity contribution in [2.24, 2.45) is 0 Å². The van der Waals surface area contributed by atoms with E-state index < -0.39 is 5.97 Å². The third-order valence-corrected chi connectivity index (χ3v) is 1.67. The molecule has 64 valence electrons. The van der Waals surface area contributed by atoms with Crippen molar-refractivity contribution in [3.63, 3.8) is 0 Å². The number of aliphatic carboxylic acids is 1. The summed E-state index contributed by atoms with van der Waals surface area (Å²) in [4.78, 5) is 22.6. The maximum absolute atomic E-state index is 11.0. The second kappa shape index (κ2) is 3.77. The summed E-state index contributed by atoms with van der Waals surface area (Å²) >= 11 is 0. The molecule has 1 heterocycles. The lowest BCUT2D eigenvalue weighted by atomic mass is 10.4. The first-order chi connectivity index (χ1) is 5.70. The van der Waals surface area contributed by atoms with Crippen LogP contribution in [-0.2, 0) is 9.59 Å². The van der Waals surface area contributed by atoms with Gasteiger partial charge in [-0.1, -0.05) is 0 Å². The topological polar surface area (TPSA) is 57.6 Å². The minimum Gasteiger partial charge on any atom is -0.472 e. The zero-order valence-corrected chi connectivity index (χ0v) is 6.54. The van der Waals surface area contributed by atoms with Gasteiger partial charge in [-0.15, -0.1) is 0 Å². The standard InChI is InChI=1S/C8H9NO3/c10-7(3-4-8(11)12)9-5-1-2-6-9/h1-2,5-6H2,(H,11,12). The highest BCUT2D eigenvalue weighted by Crippen LogP contribution is 2.06. The zero-order valence-electron chi connectivity index (χ0n) is 6.54. The van der Waals surface area contributed by atoms with Gasteiger partial charge in [-0.25, -0.2) is 4.79 Å². The lowest BCUT2D eigenvalue weighted by Crippen LogP contribution is -2.26. The summed E-state index contributed by atoms with van der Waals surface area (Å²) in [5.74, 6) is 2.22. The quantitative estimate of drug-likeness (QED) is 0.504. The van der Waals surface area contributed by atoms with Crippen LogP contribution >= 0.6 is 0 Å². The van der Waals surface area contributed by atoms with Gasteiger partial charge in [-0.3, -0.25) is 4.79 Å². The Bertz CT molecular complexity index is 255. The Labute approximate surface area is 70.2 Å². The van der Waals surface area contributed by atoms with Crippen molar-refractivity contribution in [2.45, 2.75) is 12.8 Å². The van der Waals surface area contributed by atoms with Crippen molar-refractivity contribution in [2.75, 3.05) is 13.1 Å². The molecule has 1 rings (SSSR count). The van der Waals surface area contributed by atoms with E-state index in [0.29, 0.717) is 13.1 Å². The van der Waals surface area contributed by atoms with E-state index in [1.54, 1.807) is 10.8 Å². The highest BCUT2D eigenvalue weighted by Gasteiger charge is 2.15. The van der Waals surface area contributed by atoms with Gasteiger partial charge < -0.3 is 10.0 Å².